The highest BCUT2D eigenvalue weighted by atomic mass is 16.4. The summed E-state index contributed by atoms with van der Waals surface area (Å²) in [5, 5.41) is 14.1. The number of imidazole rings is 1. The highest BCUT2D eigenvalue weighted by Crippen LogP contribution is 2.10. The van der Waals surface area contributed by atoms with Gasteiger partial charge in [0.2, 0.25) is 0 Å². The molecule has 1 aromatic rings. The van der Waals surface area contributed by atoms with E-state index in [1.54, 1.807) is 26.2 Å². The van der Waals surface area contributed by atoms with Crippen molar-refractivity contribution in [3.05, 3.63) is 18.2 Å². The minimum Gasteiger partial charge on any atom is -0.480 e. The molecule has 0 aromatic carbocycles. The third-order valence-corrected chi connectivity index (χ3v) is 2.85. The lowest BCUT2D eigenvalue weighted by Gasteiger charge is -2.25. The Morgan fingerprint density at radius 1 is 1.61 bits per heavy atom. The zero-order chi connectivity index (χ0) is 13.8. The molecule has 7 heteroatoms. The van der Waals surface area contributed by atoms with E-state index in [2.05, 4.69) is 20.6 Å². The number of carbonyl (C=O) groups is 2. The Balaban J connectivity index is 2.59. The van der Waals surface area contributed by atoms with Gasteiger partial charge in [0.25, 0.3) is 0 Å². The van der Waals surface area contributed by atoms with Crippen molar-refractivity contribution in [2.24, 2.45) is 0 Å². The lowest BCUT2D eigenvalue weighted by molar-refractivity contribution is -0.143. The molecule has 0 saturated carbocycles. The zero-order valence-electron chi connectivity index (χ0n) is 10.7. The number of hydrogen-bond donors (Lipinski definition) is 4. The number of nitrogens with one attached hydrogen (secondary N) is 3. The first kappa shape index (κ1) is 14.0. The maximum atomic E-state index is 11.7. The van der Waals surface area contributed by atoms with Gasteiger partial charge in [-0.3, -0.25) is 0 Å². The largest absolute Gasteiger partial charge is 0.480 e. The molecule has 2 unspecified atom stereocenters. The van der Waals surface area contributed by atoms with Crippen molar-refractivity contribution in [1.82, 2.24) is 20.6 Å². The second kappa shape index (κ2) is 5.52. The fourth-order valence-electron chi connectivity index (χ4n) is 1.36. The van der Waals surface area contributed by atoms with Crippen molar-refractivity contribution >= 4 is 12.0 Å². The minimum absolute atomic E-state index is 0.297. The van der Waals surface area contributed by atoms with E-state index >= 15 is 0 Å². The number of urea groups is 1. The van der Waals surface area contributed by atoms with Gasteiger partial charge in [-0.15, -0.1) is 0 Å². The highest BCUT2D eigenvalue weighted by Gasteiger charge is 2.33. The van der Waals surface area contributed by atoms with Crippen LogP contribution in [-0.2, 0) is 4.79 Å². The summed E-state index contributed by atoms with van der Waals surface area (Å²) < 4.78 is 0. The van der Waals surface area contributed by atoms with Crippen LogP contribution in [0.4, 0.5) is 4.79 Å². The van der Waals surface area contributed by atoms with Gasteiger partial charge in [0.1, 0.15) is 11.4 Å². The molecule has 0 radical (unpaired) electrons. The predicted molar refractivity (Wildman–Crippen MR) is 65.0 cm³/mol. The van der Waals surface area contributed by atoms with Crippen LogP contribution >= 0.6 is 0 Å². The van der Waals surface area contributed by atoms with Gasteiger partial charge in [-0.2, -0.15) is 0 Å². The Hall–Kier alpha value is -2.05. The summed E-state index contributed by atoms with van der Waals surface area (Å²) in [7, 11) is 0. The number of aliphatic carboxylic acids is 1. The van der Waals surface area contributed by atoms with Crippen LogP contribution in [0.3, 0.4) is 0 Å². The molecule has 1 rings (SSSR count). The maximum Gasteiger partial charge on any atom is 0.329 e. The number of carbonyl (C=O) groups excluding carboxylic acids is 1. The molecule has 2 amide bonds. The van der Waals surface area contributed by atoms with Gasteiger partial charge >= 0.3 is 12.0 Å². The molecule has 0 aliphatic heterocycles. The fraction of sp³-hybridized carbons (Fsp3) is 0.545. The number of carboxylic acids is 1. The van der Waals surface area contributed by atoms with E-state index in [1.807, 2.05) is 0 Å². The standard InChI is InChI=1S/C11H18N4O3/c1-4-11(3,9(16)17)15-10(18)14-7(2)8-12-5-6-13-8/h5-7H,4H2,1-3H3,(H,12,13)(H,16,17)(H2,14,15,18). The van der Waals surface area contributed by atoms with Crippen molar-refractivity contribution in [2.75, 3.05) is 0 Å². The molecule has 4 N–H and O–H groups in total. The zero-order valence-corrected chi connectivity index (χ0v) is 10.7. The topological polar surface area (TPSA) is 107 Å². The maximum absolute atomic E-state index is 11.7. The summed E-state index contributed by atoms with van der Waals surface area (Å²) >= 11 is 0. The summed E-state index contributed by atoms with van der Waals surface area (Å²) in [5.41, 5.74) is -1.27. The minimum atomic E-state index is -1.27. The van der Waals surface area contributed by atoms with E-state index in [1.165, 1.54) is 6.92 Å². The smallest absolute Gasteiger partial charge is 0.329 e. The summed E-state index contributed by atoms with van der Waals surface area (Å²) in [4.78, 5) is 29.6. The first-order valence-electron chi connectivity index (χ1n) is 5.70. The molecule has 0 fully saturated rings. The Labute approximate surface area is 105 Å². The second-order valence-corrected chi connectivity index (χ2v) is 4.29. The van der Waals surface area contributed by atoms with Crippen LogP contribution in [0, 0.1) is 0 Å². The van der Waals surface area contributed by atoms with Crippen molar-refractivity contribution in [3.63, 3.8) is 0 Å². The number of amides is 2. The first-order valence-corrected chi connectivity index (χ1v) is 5.70. The molecule has 7 nitrogen and oxygen atoms in total. The van der Waals surface area contributed by atoms with E-state index in [0.717, 1.165) is 0 Å². The van der Waals surface area contributed by atoms with Crippen LogP contribution in [0.1, 0.15) is 39.1 Å². The average molecular weight is 254 g/mol. The molecule has 2 atom stereocenters. The summed E-state index contributed by atoms with van der Waals surface area (Å²) in [6.45, 7) is 4.92. The summed E-state index contributed by atoms with van der Waals surface area (Å²) in [6, 6.07) is -0.861. The molecular weight excluding hydrogens is 236 g/mol. The Kier molecular flexibility index (Phi) is 4.30. The molecule has 18 heavy (non-hydrogen) atoms. The van der Waals surface area contributed by atoms with E-state index < -0.39 is 17.5 Å². The molecule has 0 spiro atoms. The fourth-order valence-corrected chi connectivity index (χ4v) is 1.36. The lowest BCUT2D eigenvalue weighted by atomic mass is 10.00. The molecule has 0 aliphatic carbocycles. The van der Waals surface area contributed by atoms with Crippen molar-refractivity contribution < 1.29 is 14.7 Å². The molecule has 0 saturated heterocycles. The van der Waals surface area contributed by atoms with Gasteiger partial charge in [-0.25, -0.2) is 14.6 Å². The van der Waals surface area contributed by atoms with Gasteiger partial charge in [-0.1, -0.05) is 6.92 Å². The number of H-pyrrole nitrogens is 1. The normalized spacial score (nSPS) is 15.5. The molecule has 0 aliphatic rings. The highest BCUT2D eigenvalue weighted by molar-refractivity contribution is 5.85. The number of aromatic amines is 1. The average Bonchev–Trinajstić information content (AvgIpc) is 2.81. The quantitative estimate of drug-likeness (QED) is 0.629. The molecule has 100 valence electrons. The summed E-state index contributed by atoms with van der Waals surface area (Å²) in [6.07, 6.45) is 3.53. The van der Waals surface area contributed by atoms with Crippen LogP contribution in [0.25, 0.3) is 0 Å². The third kappa shape index (κ3) is 3.22. The van der Waals surface area contributed by atoms with Crippen LogP contribution in [0.2, 0.25) is 0 Å². The Morgan fingerprint density at radius 3 is 2.72 bits per heavy atom. The van der Waals surface area contributed by atoms with Gasteiger partial charge in [0.15, 0.2) is 0 Å². The third-order valence-electron chi connectivity index (χ3n) is 2.85. The predicted octanol–water partition coefficient (Wildman–Crippen LogP) is 1.02. The summed E-state index contributed by atoms with van der Waals surface area (Å²) in [5.74, 6) is -0.454. The van der Waals surface area contributed by atoms with Crippen LogP contribution in [-0.4, -0.2) is 32.6 Å². The Bertz CT molecular complexity index is 418. The number of nitrogens with zero attached hydrogens (tertiary/aromatic N) is 1. The van der Waals surface area contributed by atoms with Crippen LogP contribution in [0.15, 0.2) is 12.4 Å². The number of rotatable bonds is 5. The van der Waals surface area contributed by atoms with E-state index in [-0.39, 0.29) is 6.04 Å². The van der Waals surface area contributed by atoms with Crippen LogP contribution < -0.4 is 10.6 Å². The van der Waals surface area contributed by atoms with Crippen molar-refractivity contribution in [3.8, 4) is 0 Å². The Morgan fingerprint density at radius 2 is 2.28 bits per heavy atom. The van der Waals surface area contributed by atoms with Crippen molar-refractivity contribution in [2.45, 2.75) is 38.8 Å². The second-order valence-electron chi connectivity index (χ2n) is 4.29. The van der Waals surface area contributed by atoms with Crippen LogP contribution in [0.5, 0.6) is 0 Å². The lowest BCUT2D eigenvalue weighted by Crippen LogP contribution is -2.55. The van der Waals surface area contributed by atoms with E-state index in [4.69, 9.17) is 5.11 Å². The SMILES string of the molecule is CCC(C)(NC(=O)NC(C)c1ncc[nH]1)C(=O)O. The number of aromatic nitrogens is 2. The monoisotopic (exact) mass is 254 g/mol. The first-order chi connectivity index (χ1) is 8.39. The molecular formula is C11H18N4O3. The molecule has 1 aromatic heterocycles. The van der Waals surface area contributed by atoms with Gasteiger partial charge in [0, 0.05) is 12.4 Å². The van der Waals surface area contributed by atoms with Gasteiger partial charge in [0.05, 0.1) is 6.04 Å². The van der Waals surface area contributed by atoms with E-state index in [0.29, 0.717) is 12.2 Å². The molecule has 0 bridgehead atoms. The molecule has 1 heterocycles. The number of hydrogen-bond acceptors (Lipinski definition) is 3. The van der Waals surface area contributed by atoms with Gasteiger partial charge < -0.3 is 20.7 Å². The number of carboxylic acid groups (broad SMARTS) is 1. The van der Waals surface area contributed by atoms with Crippen molar-refractivity contribution in [1.29, 1.82) is 0 Å². The van der Waals surface area contributed by atoms with E-state index in [9.17, 15) is 9.59 Å². The van der Waals surface area contributed by atoms with Gasteiger partial charge in [-0.05, 0) is 20.3 Å².